The number of hydrogen-bond acceptors (Lipinski definition) is 9. The number of rotatable bonds is 19. The molecule has 1 atom stereocenters. The second-order valence-corrected chi connectivity index (χ2v) is 19.5. The molecule has 2 aromatic heterocycles. The molecular weight excluding hydrogens is 722 g/mol. The van der Waals surface area contributed by atoms with Crippen molar-refractivity contribution in [1.82, 2.24) is 19.3 Å². The van der Waals surface area contributed by atoms with E-state index in [1.807, 2.05) is 0 Å². The van der Waals surface area contributed by atoms with Crippen molar-refractivity contribution in [2.75, 3.05) is 27.1 Å². The van der Waals surface area contributed by atoms with Crippen molar-refractivity contribution >= 4 is 31.2 Å². The molecule has 2 heterocycles. The molecule has 0 bridgehead atoms. The Hall–Kier alpha value is -4.99. The van der Waals surface area contributed by atoms with E-state index in [9.17, 15) is 9.59 Å². The molecule has 0 N–H and O–H groups in total. The number of carbonyl (C=O) groups is 2. The molecule has 0 saturated heterocycles. The van der Waals surface area contributed by atoms with Gasteiger partial charge in [-0.25, -0.2) is 22.8 Å². The molecular formula is C39H45F3N4O7Si. The van der Waals surface area contributed by atoms with E-state index in [1.165, 1.54) is 42.1 Å². The number of halogens is 3. The predicted octanol–water partition coefficient (Wildman–Crippen LogP) is 8.25. The molecule has 0 fully saturated rings. The largest absolute Gasteiger partial charge is 0.467 e. The van der Waals surface area contributed by atoms with Gasteiger partial charge in [0.15, 0.2) is 35.8 Å². The van der Waals surface area contributed by atoms with Crippen LogP contribution in [0.5, 0.6) is 17.2 Å². The van der Waals surface area contributed by atoms with Crippen LogP contribution in [0, 0.1) is 17.5 Å². The second kappa shape index (κ2) is 17.9. The van der Waals surface area contributed by atoms with Gasteiger partial charge in [-0.05, 0) is 54.8 Å². The fourth-order valence-corrected chi connectivity index (χ4v) is 6.54. The van der Waals surface area contributed by atoms with Gasteiger partial charge in [-0.2, -0.15) is 5.10 Å². The van der Waals surface area contributed by atoms with E-state index in [2.05, 4.69) is 24.7 Å². The van der Waals surface area contributed by atoms with Gasteiger partial charge in [0.05, 0.1) is 24.2 Å². The third-order valence-corrected chi connectivity index (χ3v) is 10.4. The van der Waals surface area contributed by atoms with Gasteiger partial charge >= 0.3 is 5.97 Å². The minimum absolute atomic E-state index is 0.0177. The Labute approximate surface area is 313 Å². The topological polar surface area (TPSA) is 116 Å². The number of esters is 1. The zero-order valence-corrected chi connectivity index (χ0v) is 32.3. The lowest BCUT2D eigenvalue weighted by atomic mass is 9.96. The van der Waals surface area contributed by atoms with Gasteiger partial charge in [-0.15, -0.1) is 0 Å². The van der Waals surface area contributed by atoms with Gasteiger partial charge in [0.25, 0.3) is 0 Å². The number of fused-ring (bicyclic) bond motifs is 1. The number of methoxy groups -OCH3 is 1. The van der Waals surface area contributed by atoms with Gasteiger partial charge in [-0.1, -0.05) is 44.8 Å². The van der Waals surface area contributed by atoms with Crippen molar-refractivity contribution in [3.8, 4) is 28.6 Å². The van der Waals surface area contributed by atoms with Gasteiger partial charge in [-0.3, -0.25) is 4.79 Å². The van der Waals surface area contributed by atoms with Gasteiger partial charge in [0.2, 0.25) is 0 Å². The van der Waals surface area contributed by atoms with E-state index in [1.54, 1.807) is 42.8 Å². The number of hydrogen-bond donors (Lipinski definition) is 0. The van der Waals surface area contributed by atoms with Crippen LogP contribution in [-0.4, -0.2) is 66.8 Å². The maximum Gasteiger partial charge on any atom is 0.306 e. The monoisotopic (exact) mass is 766 g/mol. The number of aromatic nitrogens is 4. The van der Waals surface area contributed by atoms with E-state index in [0.717, 1.165) is 6.04 Å². The Balaban J connectivity index is 1.47. The Morgan fingerprint density at radius 1 is 1.06 bits per heavy atom. The van der Waals surface area contributed by atoms with Crippen LogP contribution in [0.15, 0.2) is 54.7 Å². The lowest BCUT2D eigenvalue weighted by Gasteiger charge is -2.16. The minimum atomic E-state index is -1.30. The Morgan fingerprint density at radius 2 is 1.85 bits per heavy atom. The minimum Gasteiger partial charge on any atom is -0.467 e. The number of ether oxygens (including phenoxy) is 5. The van der Waals surface area contributed by atoms with E-state index < -0.39 is 43.2 Å². The third-order valence-electron chi connectivity index (χ3n) is 8.70. The van der Waals surface area contributed by atoms with Crippen LogP contribution in [0.25, 0.3) is 22.3 Å². The molecule has 288 valence electrons. The highest BCUT2D eigenvalue weighted by Crippen LogP contribution is 2.39. The quantitative estimate of drug-likeness (QED) is 0.0269. The average Bonchev–Trinajstić information content (AvgIpc) is 3.74. The highest BCUT2D eigenvalue weighted by molar-refractivity contribution is 6.76. The van der Waals surface area contributed by atoms with Gasteiger partial charge < -0.3 is 33.0 Å². The zero-order valence-electron chi connectivity index (χ0n) is 31.3. The highest BCUT2D eigenvalue weighted by Gasteiger charge is 2.25. The number of carbonyl (C=O) groups excluding carboxylic acids is 2. The van der Waals surface area contributed by atoms with Crippen LogP contribution < -0.4 is 9.47 Å². The summed E-state index contributed by atoms with van der Waals surface area (Å²) in [5.41, 5.74) is 1.20. The van der Waals surface area contributed by atoms with E-state index in [4.69, 9.17) is 28.7 Å². The van der Waals surface area contributed by atoms with Crippen LogP contribution in [0.2, 0.25) is 25.7 Å². The molecule has 0 amide bonds. The van der Waals surface area contributed by atoms with Crippen molar-refractivity contribution in [3.05, 3.63) is 89.1 Å². The fourth-order valence-electron chi connectivity index (χ4n) is 5.78. The van der Waals surface area contributed by atoms with Crippen molar-refractivity contribution < 1.29 is 46.4 Å². The second-order valence-electron chi connectivity index (χ2n) is 13.9. The van der Waals surface area contributed by atoms with Crippen LogP contribution >= 0.6 is 0 Å². The molecule has 0 spiro atoms. The normalized spacial score (nSPS) is 12.2. The van der Waals surface area contributed by atoms with E-state index >= 15 is 13.2 Å². The number of aldehydes is 1. The number of benzene rings is 3. The zero-order chi connectivity index (χ0) is 39.0. The summed E-state index contributed by atoms with van der Waals surface area (Å²) in [6.45, 7) is 10.7. The van der Waals surface area contributed by atoms with E-state index in [-0.39, 0.29) is 79.2 Å². The Kier molecular flexibility index (Phi) is 13.3. The first-order valence-electron chi connectivity index (χ1n) is 17.6. The van der Waals surface area contributed by atoms with Gasteiger partial charge in [0.1, 0.15) is 30.3 Å². The molecule has 0 aliphatic rings. The number of nitrogens with zero attached hydrogens (tertiary/aromatic N) is 4. The maximum atomic E-state index is 15.9. The summed E-state index contributed by atoms with van der Waals surface area (Å²) >= 11 is 0. The molecule has 54 heavy (non-hydrogen) atoms. The molecule has 15 heteroatoms. The average molecular weight is 767 g/mol. The molecule has 1 unspecified atom stereocenters. The first-order valence-corrected chi connectivity index (χ1v) is 21.4. The Morgan fingerprint density at radius 3 is 2.57 bits per heavy atom. The summed E-state index contributed by atoms with van der Waals surface area (Å²) in [5.74, 6) is -3.41. The molecule has 0 aliphatic carbocycles. The molecule has 5 aromatic rings. The van der Waals surface area contributed by atoms with Crippen LogP contribution in [-0.2, 0) is 43.5 Å². The summed E-state index contributed by atoms with van der Waals surface area (Å²) < 4.78 is 77.7. The fraction of sp³-hybridized carbons (Fsp3) is 0.385. The lowest BCUT2D eigenvalue weighted by molar-refractivity contribution is -0.143. The molecule has 0 radical (unpaired) electrons. The van der Waals surface area contributed by atoms with E-state index in [0.29, 0.717) is 24.0 Å². The van der Waals surface area contributed by atoms with Crippen molar-refractivity contribution in [2.45, 2.75) is 71.6 Å². The third kappa shape index (κ3) is 9.56. The molecule has 0 saturated carbocycles. The summed E-state index contributed by atoms with van der Waals surface area (Å²) in [6.07, 6.45) is 2.42. The summed E-state index contributed by atoms with van der Waals surface area (Å²) in [5, 5.41) is 4.69. The van der Waals surface area contributed by atoms with Crippen molar-refractivity contribution in [2.24, 2.45) is 0 Å². The SMILES string of the molecule is CCOC(=O)CCc1cccc(C(C)c2nc(-c3cc(Oc4c(F)cc5c(ccn5COCC[Si](C)(C)C)c4F)ccc3OCOC)n(CC=O)n2)c1F. The standard InChI is InChI=1S/C39H45F3N4O7Si/c1-7-51-34(48)14-11-26-9-8-10-28(35(26)41)25(2)38-43-39(46(44-38)17-18-47)30-21-27(12-13-33(30)52-24-49-3)53-37-31(40)22-32-29(36(37)42)15-16-45(32)23-50-19-20-54(4,5)6/h8-10,12-13,15-16,18,21-22,25H,7,11,14,17,19-20,23-24H2,1-6H3. The molecule has 5 rings (SSSR count). The molecule has 11 nitrogen and oxygen atoms in total. The summed E-state index contributed by atoms with van der Waals surface area (Å²) in [4.78, 5) is 28.4. The first kappa shape index (κ1) is 40.2. The first-order chi connectivity index (χ1) is 25.8. The predicted molar refractivity (Wildman–Crippen MR) is 199 cm³/mol. The summed E-state index contributed by atoms with van der Waals surface area (Å²) in [6, 6.07) is 13.0. The highest BCUT2D eigenvalue weighted by atomic mass is 28.3. The molecule has 3 aromatic carbocycles. The van der Waals surface area contributed by atoms with Crippen LogP contribution in [0.4, 0.5) is 13.2 Å². The van der Waals surface area contributed by atoms with Crippen LogP contribution in [0.1, 0.15) is 43.1 Å². The summed E-state index contributed by atoms with van der Waals surface area (Å²) in [7, 11) is 0.136. The Bertz CT molecular complexity index is 2100. The van der Waals surface area contributed by atoms with Gasteiger partial charge in [0, 0.05) is 51.8 Å². The van der Waals surface area contributed by atoms with Crippen molar-refractivity contribution in [1.29, 1.82) is 0 Å². The molecule has 0 aliphatic heterocycles. The van der Waals surface area contributed by atoms with Crippen molar-refractivity contribution in [3.63, 3.8) is 0 Å². The number of aryl methyl sites for hydroxylation is 1. The van der Waals surface area contributed by atoms with Crippen LogP contribution in [0.3, 0.4) is 0 Å². The lowest BCUT2D eigenvalue weighted by Crippen LogP contribution is -2.21. The maximum absolute atomic E-state index is 15.9. The smallest absolute Gasteiger partial charge is 0.306 e.